The topological polar surface area (TPSA) is 67.5 Å². The molecule has 3 heterocycles. The van der Waals surface area contributed by atoms with Gasteiger partial charge in [0.05, 0.1) is 12.8 Å². The van der Waals surface area contributed by atoms with Gasteiger partial charge in [0.2, 0.25) is 0 Å². The molecule has 6 nitrogen and oxygen atoms in total. The third-order valence-corrected chi connectivity index (χ3v) is 4.52. The molecule has 1 N–H and O–H groups in total. The molecule has 0 aromatic carbocycles. The van der Waals surface area contributed by atoms with Gasteiger partial charge in [-0.3, -0.25) is 19.8 Å². The van der Waals surface area contributed by atoms with E-state index in [2.05, 4.69) is 5.32 Å². The number of aryl methyl sites for hydroxylation is 1. The fourth-order valence-corrected chi connectivity index (χ4v) is 2.82. The van der Waals surface area contributed by atoms with E-state index in [0.29, 0.717) is 5.76 Å². The molecule has 2 amide bonds. The molecule has 2 aromatic heterocycles. The number of rotatable bonds is 3. The first kappa shape index (κ1) is 16.2. The molecule has 1 saturated heterocycles. The lowest BCUT2D eigenvalue weighted by atomic mass is 10.1. The Kier molecular flexibility index (Phi) is 4.11. The molecule has 0 bridgehead atoms. The summed E-state index contributed by atoms with van der Waals surface area (Å²) in [7, 11) is 1.94. The fraction of sp³-hybridized carbons (Fsp3) is 0.235. The minimum absolute atomic E-state index is 0.0591. The van der Waals surface area contributed by atoms with Crippen molar-refractivity contribution in [1.82, 2.24) is 14.8 Å². The standard InChI is InChI=1S/C17H17N3O3S/c1-10-7-12(11(2)19(10)3)8-14-15(21)18-17(24)20(16(14)22)9-13-5-4-6-23-13/h4-8H,9H2,1-3H3,(H,18,21,24)/b14-8+. The van der Waals surface area contributed by atoms with Crippen molar-refractivity contribution in [3.8, 4) is 0 Å². The average Bonchev–Trinajstić information content (AvgIpc) is 3.13. The Balaban J connectivity index is 1.96. The lowest BCUT2D eigenvalue weighted by Gasteiger charge is -2.28. The van der Waals surface area contributed by atoms with Gasteiger partial charge in [-0.1, -0.05) is 0 Å². The zero-order chi connectivity index (χ0) is 17.4. The average molecular weight is 343 g/mol. The molecular weight excluding hydrogens is 326 g/mol. The maximum Gasteiger partial charge on any atom is 0.266 e. The van der Waals surface area contributed by atoms with Crippen molar-refractivity contribution >= 4 is 35.2 Å². The second-order valence-electron chi connectivity index (χ2n) is 5.67. The predicted octanol–water partition coefficient (Wildman–Crippen LogP) is 2.06. The van der Waals surface area contributed by atoms with E-state index in [-0.39, 0.29) is 17.2 Å². The van der Waals surface area contributed by atoms with E-state index in [1.54, 1.807) is 18.2 Å². The van der Waals surface area contributed by atoms with Crippen LogP contribution in [0.5, 0.6) is 0 Å². The highest BCUT2D eigenvalue weighted by Crippen LogP contribution is 2.21. The molecular formula is C17H17N3O3S. The molecule has 24 heavy (non-hydrogen) atoms. The molecule has 1 fully saturated rings. The molecule has 124 valence electrons. The van der Waals surface area contributed by atoms with Gasteiger partial charge in [0.25, 0.3) is 11.8 Å². The van der Waals surface area contributed by atoms with Gasteiger partial charge >= 0.3 is 0 Å². The van der Waals surface area contributed by atoms with Gasteiger partial charge in [-0.2, -0.15) is 0 Å². The highest BCUT2D eigenvalue weighted by Gasteiger charge is 2.34. The third kappa shape index (κ3) is 2.78. The van der Waals surface area contributed by atoms with Crippen molar-refractivity contribution in [2.45, 2.75) is 20.4 Å². The summed E-state index contributed by atoms with van der Waals surface area (Å²) < 4.78 is 7.27. The summed E-state index contributed by atoms with van der Waals surface area (Å²) in [6, 6.07) is 5.42. The lowest BCUT2D eigenvalue weighted by Crippen LogP contribution is -2.53. The molecule has 1 aliphatic rings. The Bertz CT molecular complexity index is 862. The molecule has 0 atom stereocenters. The van der Waals surface area contributed by atoms with Crippen molar-refractivity contribution < 1.29 is 14.0 Å². The zero-order valence-corrected chi connectivity index (χ0v) is 14.4. The van der Waals surface area contributed by atoms with E-state index in [1.165, 1.54) is 11.2 Å². The summed E-state index contributed by atoms with van der Waals surface area (Å²) in [4.78, 5) is 26.3. The van der Waals surface area contributed by atoms with Gasteiger partial charge in [-0.05, 0) is 55.9 Å². The van der Waals surface area contributed by atoms with Gasteiger partial charge in [-0.25, -0.2) is 0 Å². The van der Waals surface area contributed by atoms with Crippen molar-refractivity contribution in [3.05, 3.63) is 52.7 Å². The van der Waals surface area contributed by atoms with Crippen molar-refractivity contribution in [3.63, 3.8) is 0 Å². The van der Waals surface area contributed by atoms with Gasteiger partial charge in [0.1, 0.15) is 11.3 Å². The van der Waals surface area contributed by atoms with Crippen LogP contribution in [-0.4, -0.2) is 26.4 Å². The number of nitrogens with zero attached hydrogens (tertiary/aromatic N) is 2. The minimum atomic E-state index is -0.485. The quantitative estimate of drug-likeness (QED) is 0.526. The normalized spacial score (nSPS) is 16.9. The van der Waals surface area contributed by atoms with Gasteiger partial charge in [-0.15, -0.1) is 0 Å². The number of furan rings is 1. The second kappa shape index (κ2) is 6.09. The molecule has 0 aliphatic carbocycles. The van der Waals surface area contributed by atoms with Crippen molar-refractivity contribution in [2.24, 2.45) is 7.05 Å². The number of hydrogen-bond acceptors (Lipinski definition) is 4. The SMILES string of the molecule is Cc1cc(/C=C2\C(=O)NC(=S)N(Cc3ccco3)C2=O)c(C)n1C. The first-order valence-electron chi connectivity index (χ1n) is 7.42. The molecule has 0 spiro atoms. The van der Waals surface area contributed by atoms with Gasteiger partial charge < -0.3 is 8.98 Å². The Morgan fingerprint density at radius 3 is 2.67 bits per heavy atom. The van der Waals surface area contributed by atoms with E-state index in [4.69, 9.17) is 16.6 Å². The monoisotopic (exact) mass is 343 g/mol. The first-order chi connectivity index (χ1) is 11.4. The summed E-state index contributed by atoms with van der Waals surface area (Å²) in [5.74, 6) is -0.324. The van der Waals surface area contributed by atoms with Gasteiger partial charge in [0, 0.05) is 18.4 Å². The third-order valence-electron chi connectivity index (χ3n) is 4.19. The summed E-state index contributed by atoms with van der Waals surface area (Å²) in [6.07, 6.45) is 3.13. The molecule has 7 heteroatoms. The number of aromatic nitrogens is 1. The Morgan fingerprint density at radius 2 is 2.08 bits per heavy atom. The number of hydrogen-bond donors (Lipinski definition) is 1. The number of amides is 2. The summed E-state index contributed by atoms with van der Waals surface area (Å²) >= 11 is 5.12. The summed E-state index contributed by atoms with van der Waals surface area (Å²) in [5.41, 5.74) is 2.92. The van der Waals surface area contributed by atoms with E-state index < -0.39 is 11.8 Å². The maximum absolute atomic E-state index is 12.7. The van der Waals surface area contributed by atoms with E-state index in [0.717, 1.165) is 17.0 Å². The highest BCUT2D eigenvalue weighted by molar-refractivity contribution is 7.80. The van der Waals surface area contributed by atoms with Crippen molar-refractivity contribution in [2.75, 3.05) is 0 Å². The number of nitrogens with one attached hydrogen (secondary N) is 1. The highest BCUT2D eigenvalue weighted by atomic mass is 32.1. The van der Waals surface area contributed by atoms with Crippen LogP contribution in [0, 0.1) is 13.8 Å². The zero-order valence-electron chi connectivity index (χ0n) is 13.6. The van der Waals surface area contributed by atoms with Crippen LogP contribution in [0.15, 0.2) is 34.5 Å². The van der Waals surface area contributed by atoms with Gasteiger partial charge in [0.15, 0.2) is 5.11 Å². The Labute approximate surface area is 144 Å². The van der Waals surface area contributed by atoms with Crippen LogP contribution in [-0.2, 0) is 23.2 Å². The summed E-state index contributed by atoms with van der Waals surface area (Å²) in [6.45, 7) is 4.08. The maximum atomic E-state index is 12.7. The second-order valence-corrected chi connectivity index (χ2v) is 6.06. The Hall–Kier alpha value is -2.67. The fourth-order valence-electron chi connectivity index (χ4n) is 2.58. The van der Waals surface area contributed by atoms with E-state index in [1.807, 2.05) is 31.5 Å². The van der Waals surface area contributed by atoms with Crippen LogP contribution in [0.3, 0.4) is 0 Å². The molecule has 0 saturated carbocycles. The molecule has 0 unspecified atom stereocenters. The van der Waals surface area contributed by atoms with Crippen molar-refractivity contribution in [1.29, 1.82) is 0 Å². The smallest absolute Gasteiger partial charge is 0.266 e. The van der Waals surface area contributed by atoms with E-state index in [9.17, 15) is 9.59 Å². The lowest BCUT2D eigenvalue weighted by molar-refractivity contribution is -0.129. The predicted molar refractivity (Wildman–Crippen MR) is 92.9 cm³/mol. The molecule has 1 aliphatic heterocycles. The minimum Gasteiger partial charge on any atom is -0.467 e. The van der Waals surface area contributed by atoms with Crippen LogP contribution in [0.25, 0.3) is 6.08 Å². The number of thiocarbonyl (C=S) groups is 1. The summed E-state index contributed by atoms with van der Waals surface area (Å²) in [5, 5.41) is 2.65. The Morgan fingerprint density at radius 1 is 1.33 bits per heavy atom. The van der Waals surface area contributed by atoms with Crippen LogP contribution in [0.4, 0.5) is 0 Å². The first-order valence-corrected chi connectivity index (χ1v) is 7.83. The van der Waals surface area contributed by atoms with E-state index >= 15 is 0 Å². The molecule has 3 rings (SSSR count). The largest absolute Gasteiger partial charge is 0.467 e. The molecule has 0 radical (unpaired) electrons. The van der Waals surface area contributed by atoms with Crippen LogP contribution in [0.1, 0.15) is 22.7 Å². The number of carbonyl (C=O) groups excluding carboxylic acids is 2. The number of carbonyl (C=O) groups is 2. The van der Waals surface area contributed by atoms with Crippen LogP contribution in [0.2, 0.25) is 0 Å². The van der Waals surface area contributed by atoms with Crippen LogP contribution < -0.4 is 5.32 Å². The molecule has 2 aromatic rings. The van der Waals surface area contributed by atoms with Crippen LogP contribution >= 0.6 is 12.2 Å².